The Balaban J connectivity index is 2.01. The lowest BCUT2D eigenvalue weighted by Gasteiger charge is -2.41. The third-order valence-electron chi connectivity index (χ3n) is 5.54. The van der Waals surface area contributed by atoms with Gasteiger partial charge in [0.15, 0.2) is 0 Å². The third-order valence-corrected chi connectivity index (χ3v) is 5.54. The second-order valence-corrected chi connectivity index (χ2v) is 8.39. The number of amides is 3. The molecule has 3 amide bonds. The largest absolute Gasteiger partial charge is 0.340 e. The van der Waals surface area contributed by atoms with Gasteiger partial charge in [-0.05, 0) is 38.3 Å². The Bertz CT molecular complexity index is 715. The van der Waals surface area contributed by atoms with Crippen molar-refractivity contribution in [1.82, 2.24) is 15.1 Å². The van der Waals surface area contributed by atoms with Crippen LogP contribution in [0.15, 0.2) is 24.3 Å². The van der Waals surface area contributed by atoms with Crippen molar-refractivity contribution in [3.63, 3.8) is 0 Å². The van der Waals surface area contributed by atoms with Gasteiger partial charge in [-0.15, -0.1) is 0 Å². The molecule has 0 radical (unpaired) electrons. The highest BCUT2D eigenvalue weighted by atomic mass is 16.2. The van der Waals surface area contributed by atoms with Crippen molar-refractivity contribution in [3.8, 4) is 0 Å². The van der Waals surface area contributed by atoms with E-state index in [0.29, 0.717) is 31.6 Å². The molecule has 0 bridgehead atoms. The van der Waals surface area contributed by atoms with E-state index in [9.17, 15) is 14.4 Å². The highest BCUT2D eigenvalue weighted by molar-refractivity contribution is 5.97. The van der Waals surface area contributed by atoms with Crippen LogP contribution >= 0.6 is 0 Å². The molecule has 29 heavy (non-hydrogen) atoms. The molecule has 1 aromatic rings. The molecule has 0 aromatic heterocycles. The molecule has 2 rings (SSSR count). The first kappa shape index (κ1) is 22.9. The van der Waals surface area contributed by atoms with Crippen molar-refractivity contribution in [1.29, 1.82) is 0 Å². The fraction of sp³-hybridized carbons (Fsp3) is 0.609. The summed E-state index contributed by atoms with van der Waals surface area (Å²) in [5.41, 5.74) is 1.63. The molecule has 1 aliphatic heterocycles. The lowest BCUT2D eigenvalue weighted by atomic mass is 10.0. The van der Waals surface area contributed by atoms with Crippen LogP contribution in [-0.4, -0.2) is 59.2 Å². The molecule has 2 atom stereocenters. The van der Waals surface area contributed by atoms with Crippen LogP contribution in [0.3, 0.4) is 0 Å². The van der Waals surface area contributed by atoms with E-state index in [2.05, 4.69) is 12.2 Å². The van der Waals surface area contributed by atoms with Gasteiger partial charge >= 0.3 is 0 Å². The predicted molar refractivity (Wildman–Crippen MR) is 115 cm³/mol. The summed E-state index contributed by atoms with van der Waals surface area (Å²) in [6.45, 7) is 11.5. The molecule has 0 aliphatic carbocycles. The quantitative estimate of drug-likeness (QED) is 0.764. The second-order valence-electron chi connectivity index (χ2n) is 8.39. The monoisotopic (exact) mass is 401 g/mol. The van der Waals surface area contributed by atoms with Gasteiger partial charge in [-0.1, -0.05) is 44.9 Å². The smallest absolute Gasteiger partial charge is 0.251 e. The van der Waals surface area contributed by atoms with Crippen LogP contribution < -0.4 is 5.32 Å². The zero-order chi connectivity index (χ0) is 21.6. The highest BCUT2D eigenvalue weighted by Gasteiger charge is 2.34. The van der Waals surface area contributed by atoms with E-state index in [1.54, 1.807) is 17.0 Å². The number of unbranched alkanes of at least 4 members (excludes halogenated alkanes) is 1. The number of benzene rings is 1. The van der Waals surface area contributed by atoms with Crippen LogP contribution in [0.5, 0.6) is 0 Å². The molecule has 1 aliphatic rings. The molecule has 0 saturated carbocycles. The van der Waals surface area contributed by atoms with Crippen molar-refractivity contribution in [2.45, 2.75) is 66.0 Å². The summed E-state index contributed by atoms with van der Waals surface area (Å²) in [6.07, 6.45) is 2.45. The Morgan fingerprint density at radius 3 is 2.34 bits per heavy atom. The number of carbonyl (C=O) groups is 3. The fourth-order valence-electron chi connectivity index (χ4n) is 3.64. The molecule has 1 N–H and O–H groups in total. The van der Waals surface area contributed by atoms with Crippen LogP contribution in [0.1, 0.15) is 62.9 Å². The Morgan fingerprint density at radius 2 is 1.79 bits per heavy atom. The van der Waals surface area contributed by atoms with E-state index < -0.39 is 6.04 Å². The van der Waals surface area contributed by atoms with Gasteiger partial charge in [0.2, 0.25) is 11.8 Å². The number of hydrogen-bond acceptors (Lipinski definition) is 3. The molecule has 160 valence electrons. The summed E-state index contributed by atoms with van der Waals surface area (Å²) < 4.78 is 0. The first-order chi connectivity index (χ1) is 13.7. The Morgan fingerprint density at radius 1 is 1.14 bits per heavy atom. The zero-order valence-corrected chi connectivity index (χ0v) is 18.4. The maximum atomic E-state index is 13.2. The average molecular weight is 402 g/mol. The zero-order valence-electron chi connectivity index (χ0n) is 18.4. The van der Waals surface area contributed by atoms with Crippen LogP contribution in [0.25, 0.3) is 0 Å². The number of aryl methyl sites for hydroxylation is 1. The number of nitrogens with zero attached hydrogens (tertiary/aromatic N) is 2. The van der Waals surface area contributed by atoms with E-state index in [0.717, 1.165) is 18.4 Å². The molecule has 6 heteroatoms. The summed E-state index contributed by atoms with van der Waals surface area (Å²) in [5, 5.41) is 2.92. The van der Waals surface area contributed by atoms with Gasteiger partial charge in [-0.2, -0.15) is 0 Å². The van der Waals surface area contributed by atoms with Gasteiger partial charge < -0.3 is 15.1 Å². The van der Waals surface area contributed by atoms with Crippen LogP contribution in [0.4, 0.5) is 0 Å². The molecule has 6 nitrogen and oxygen atoms in total. The van der Waals surface area contributed by atoms with Gasteiger partial charge in [0.1, 0.15) is 6.04 Å². The van der Waals surface area contributed by atoms with Crippen molar-refractivity contribution in [2.24, 2.45) is 5.92 Å². The van der Waals surface area contributed by atoms with Crippen LogP contribution in [0.2, 0.25) is 0 Å². The van der Waals surface area contributed by atoms with Gasteiger partial charge in [0.25, 0.3) is 5.91 Å². The van der Waals surface area contributed by atoms with Crippen molar-refractivity contribution >= 4 is 17.7 Å². The van der Waals surface area contributed by atoms with E-state index in [1.165, 1.54) is 0 Å². The van der Waals surface area contributed by atoms with Gasteiger partial charge in [-0.25, -0.2) is 0 Å². The second kappa shape index (κ2) is 10.4. The summed E-state index contributed by atoms with van der Waals surface area (Å²) in [5.74, 6) is -0.178. The van der Waals surface area contributed by atoms with E-state index in [1.807, 2.05) is 44.7 Å². The maximum Gasteiger partial charge on any atom is 0.251 e. The molecule has 1 aromatic carbocycles. The minimum Gasteiger partial charge on any atom is -0.340 e. The minimum atomic E-state index is -0.585. The normalized spacial score (nSPS) is 17.9. The maximum absolute atomic E-state index is 13.2. The summed E-state index contributed by atoms with van der Waals surface area (Å²) >= 11 is 0. The minimum absolute atomic E-state index is 0.0160. The first-order valence-corrected chi connectivity index (χ1v) is 10.7. The van der Waals surface area contributed by atoms with E-state index >= 15 is 0 Å². The summed E-state index contributed by atoms with van der Waals surface area (Å²) in [4.78, 5) is 41.8. The molecule has 1 saturated heterocycles. The standard InChI is InChI=1S/C23H35N3O3/c1-6-7-8-20(27)26-14-13-25(15-18(26)5)23(29)21(16(2)3)24-22(28)19-11-9-17(4)10-12-19/h9-12,16,18,21H,6-8,13-15H2,1-5H3,(H,24,28). The predicted octanol–water partition coefficient (Wildman–Crippen LogP) is 3.00. The highest BCUT2D eigenvalue weighted by Crippen LogP contribution is 2.16. The van der Waals surface area contributed by atoms with E-state index in [-0.39, 0.29) is 29.7 Å². The number of nitrogens with one attached hydrogen (secondary N) is 1. The molecular weight excluding hydrogens is 366 g/mol. The Hall–Kier alpha value is -2.37. The fourth-order valence-corrected chi connectivity index (χ4v) is 3.64. The Kier molecular flexibility index (Phi) is 8.23. The average Bonchev–Trinajstić information content (AvgIpc) is 2.69. The molecule has 1 fully saturated rings. The third kappa shape index (κ3) is 6.05. The lowest BCUT2D eigenvalue weighted by Crippen LogP contribution is -2.59. The SMILES string of the molecule is CCCCC(=O)N1CCN(C(=O)C(NC(=O)c2ccc(C)cc2)C(C)C)CC1C. The molecular formula is C23H35N3O3. The molecule has 1 heterocycles. The van der Waals surface area contributed by atoms with Crippen LogP contribution in [-0.2, 0) is 9.59 Å². The summed E-state index contributed by atoms with van der Waals surface area (Å²) in [6, 6.07) is 6.72. The van der Waals surface area contributed by atoms with Crippen molar-refractivity contribution in [2.75, 3.05) is 19.6 Å². The molecule has 2 unspecified atom stereocenters. The number of hydrogen-bond donors (Lipinski definition) is 1. The summed E-state index contributed by atoms with van der Waals surface area (Å²) in [7, 11) is 0. The number of rotatable bonds is 7. The molecule has 0 spiro atoms. The van der Waals surface area contributed by atoms with Gasteiger partial charge in [-0.3, -0.25) is 14.4 Å². The van der Waals surface area contributed by atoms with Crippen molar-refractivity contribution < 1.29 is 14.4 Å². The van der Waals surface area contributed by atoms with Gasteiger partial charge in [0.05, 0.1) is 0 Å². The topological polar surface area (TPSA) is 69.7 Å². The van der Waals surface area contributed by atoms with Crippen LogP contribution in [0, 0.1) is 12.8 Å². The lowest BCUT2D eigenvalue weighted by molar-refractivity contribution is -0.144. The number of piperazine rings is 1. The Labute approximate surface area is 174 Å². The van der Waals surface area contributed by atoms with Gasteiger partial charge in [0, 0.05) is 37.7 Å². The number of carbonyl (C=O) groups excluding carboxylic acids is 3. The van der Waals surface area contributed by atoms with E-state index in [4.69, 9.17) is 0 Å². The first-order valence-electron chi connectivity index (χ1n) is 10.7. The van der Waals surface area contributed by atoms with Crippen molar-refractivity contribution in [3.05, 3.63) is 35.4 Å².